The lowest BCUT2D eigenvalue weighted by Gasteiger charge is -2.00. The Morgan fingerprint density at radius 2 is 1.67 bits per heavy atom. The Hall–Kier alpha value is -3.08. The van der Waals surface area contributed by atoms with E-state index in [2.05, 4.69) is 25.1 Å². The van der Waals surface area contributed by atoms with Gasteiger partial charge in [0, 0.05) is 23.5 Å². The molecule has 0 spiro atoms. The summed E-state index contributed by atoms with van der Waals surface area (Å²) in [7, 11) is 0. The molecule has 2 aromatic carbocycles. The summed E-state index contributed by atoms with van der Waals surface area (Å²) in [5.74, 6) is 1.37. The van der Waals surface area contributed by atoms with Crippen LogP contribution in [0.5, 0.6) is 0 Å². The Bertz CT molecular complexity index is 893. The Kier molecular flexibility index (Phi) is 2.67. The van der Waals surface area contributed by atoms with Crippen molar-refractivity contribution in [1.82, 2.24) is 25.1 Å². The first-order valence-electron chi connectivity index (χ1n) is 6.60. The van der Waals surface area contributed by atoms with Gasteiger partial charge >= 0.3 is 0 Å². The van der Waals surface area contributed by atoms with Crippen LogP contribution in [0.1, 0.15) is 0 Å². The van der Waals surface area contributed by atoms with Crippen LogP contribution in [0, 0.1) is 0 Å². The molecule has 0 saturated heterocycles. The normalized spacial score (nSPS) is 10.9. The molecule has 0 unspecified atom stereocenters. The fraction of sp³-hybridized carbons (Fsp3) is 0. The van der Waals surface area contributed by atoms with Crippen molar-refractivity contribution in [3.8, 4) is 22.8 Å². The zero-order chi connectivity index (χ0) is 14.1. The van der Waals surface area contributed by atoms with Crippen LogP contribution in [0.25, 0.3) is 33.8 Å². The number of aromatic amines is 1. The van der Waals surface area contributed by atoms with Crippen molar-refractivity contribution in [3.63, 3.8) is 0 Å². The molecule has 4 aromatic rings. The summed E-state index contributed by atoms with van der Waals surface area (Å²) in [6.45, 7) is 0. The Morgan fingerprint density at radius 1 is 0.810 bits per heavy atom. The van der Waals surface area contributed by atoms with Gasteiger partial charge in [-0.1, -0.05) is 36.4 Å². The molecule has 0 aliphatic carbocycles. The van der Waals surface area contributed by atoms with E-state index in [-0.39, 0.29) is 0 Å². The predicted molar refractivity (Wildman–Crippen MR) is 80.4 cm³/mol. The molecule has 0 saturated carbocycles. The van der Waals surface area contributed by atoms with Crippen LogP contribution in [0.2, 0.25) is 0 Å². The molecule has 0 aliphatic heterocycles. The highest BCUT2D eigenvalue weighted by Crippen LogP contribution is 2.24. The van der Waals surface area contributed by atoms with E-state index in [9.17, 15) is 0 Å². The molecule has 21 heavy (non-hydrogen) atoms. The van der Waals surface area contributed by atoms with Gasteiger partial charge in [-0.3, -0.25) is 15.1 Å². The highest BCUT2D eigenvalue weighted by Gasteiger charge is 2.11. The third-order valence-corrected chi connectivity index (χ3v) is 3.27. The van der Waals surface area contributed by atoms with Gasteiger partial charge in [0.2, 0.25) is 0 Å². The quantitative estimate of drug-likeness (QED) is 0.609. The number of fused-ring (bicyclic) bond motifs is 1. The van der Waals surface area contributed by atoms with Crippen LogP contribution in [0.3, 0.4) is 0 Å². The fourth-order valence-corrected chi connectivity index (χ4v) is 2.28. The molecule has 1 N–H and O–H groups in total. The summed E-state index contributed by atoms with van der Waals surface area (Å²) in [4.78, 5) is 13.3. The lowest BCUT2D eigenvalue weighted by Crippen LogP contribution is -1.88. The molecule has 0 atom stereocenters. The van der Waals surface area contributed by atoms with E-state index in [1.807, 2.05) is 48.5 Å². The maximum Gasteiger partial charge on any atom is 0.181 e. The standard InChI is InChI=1S/C16H11N5/c1-2-5-11(6-3-1)15-19-16(21-20-15)12-7-4-8-13-14(12)18-10-9-17-13/h1-10H,(H,19,20,21). The van der Waals surface area contributed by atoms with Crippen molar-refractivity contribution >= 4 is 11.0 Å². The van der Waals surface area contributed by atoms with Crippen LogP contribution >= 0.6 is 0 Å². The topological polar surface area (TPSA) is 67.3 Å². The van der Waals surface area contributed by atoms with Crippen LogP contribution in [0.15, 0.2) is 60.9 Å². The first-order chi connectivity index (χ1) is 10.4. The molecular formula is C16H11N5. The molecule has 0 aliphatic rings. The van der Waals surface area contributed by atoms with E-state index in [1.54, 1.807) is 12.4 Å². The average Bonchev–Trinajstić information content (AvgIpc) is 3.05. The smallest absolute Gasteiger partial charge is 0.181 e. The molecule has 0 amide bonds. The zero-order valence-electron chi connectivity index (χ0n) is 11.1. The number of para-hydroxylation sites is 1. The maximum atomic E-state index is 4.57. The largest absolute Gasteiger partial charge is 0.259 e. The van der Waals surface area contributed by atoms with Crippen LogP contribution in [0.4, 0.5) is 0 Å². The molecule has 5 heteroatoms. The van der Waals surface area contributed by atoms with Crippen molar-refractivity contribution in [2.45, 2.75) is 0 Å². The number of nitrogens with zero attached hydrogens (tertiary/aromatic N) is 4. The molecule has 0 bridgehead atoms. The van der Waals surface area contributed by atoms with Crippen molar-refractivity contribution in [1.29, 1.82) is 0 Å². The lowest BCUT2D eigenvalue weighted by molar-refractivity contribution is 1.10. The highest BCUT2D eigenvalue weighted by molar-refractivity contribution is 5.89. The maximum absolute atomic E-state index is 4.57. The summed E-state index contributed by atoms with van der Waals surface area (Å²) in [6, 6.07) is 15.7. The fourth-order valence-electron chi connectivity index (χ4n) is 2.28. The first-order valence-corrected chi connectivity index (χ1v) is 6.60. The summed E-state index contributed by atoms with van der Waals surface area (Å²) in [5, 5.41) is 7.27. The second-order valence-corrected chi connectivity index (χ2v) is 4.60. The molecule has 2 heterocycles. The zero-order valence-corrected chi connectivity index (χ0v) is 11.1. The van der Waals surface area contributed by atoms with Crippen molar-refractivity contribution in [2.75, 3.05) is 0 Å². The van der Waals surface area contributed by atoms with E-state index >= 15 is 0 Å². The average molecular weight is 273 g/mol. The van der Waals surface area contributed by atoms with Gasteiger partial charge in [-0.15, -0.1) is 0 Å². The molecule has 4 rings (SSSR count). The second-order valence-electron chi connectivity index (χ2n) is 4.60. The van der Waals surface area contributed by atoms with Gasteiger partial charge in [0.25, 0.3) is 0 Å². The number of H-pyrrole nitrogens is 1. The summed E-state index contributed by atoms with van der Waals surface area (Å²) >= 11 is 0. The van der Waals surface area contributed by atoms with Crippen LogP contribution < -0.4 is 0 Å². The highest BCUT2D eigenvalue weighted by atomic mass is 15.2. The minimum atomic E-state index is 0.673. The van der Waals surface area contributed by atoms with Gasteiger partial charge in [0.05, 0.1) is 11.0 Å². The Morgan fingerprint density at radius 3 is 2.57 bits per heavy atom. The van der Waals surface area contributed by atoms with Gasteiger partial charge in [-0.2, -0.15) is 5.10 Å². The monoisotopic (exact) mass is 273 g/mol. The number of aromatic nitrogens is 5. The molecule has 5 nitrogen and oxygen atoms in total. The summed E-state index contributed by atoms with van der Waals surface area (Å²) < 4.78 is 0. The minimum absolute atomic E-state index is 0.673. The number of benzene rings is 2. The van der Waals surface area contributed by atoms with E-state index in [1.165, 1.54) is 0 Å². The van der Waals surface area contributed by atoms with E-state index in [4.69, 9.17) is 0 Å². The van der Waals surface area contributed by atoms with Gasteiger partial charge in [0.1, 0.15) is 0 Å². The van der Waals surface area contributed by atoms with Crippen LogP contribution in [-0.4, -0.2) is 25.1 Å². The van der Waals surface area contributed by atoms with E-state index < -0.39 is 0 Å². The molecule has 100 valence electrons. The number of hydrogen-bond acceptors (Lipinski definition) is 4. The first kappa shape index (κ1) is 11.7. The van der Waals surface area contributed by atoms with Gasteiger partial charge in [-0.05, 0) is 12.1 Å². The second kappa shape index (κ2) is 4.79. The Labute approximate surface area is 120 Å². The summed E-state index contributed by atoms with van der Waals surface area (Å²) in [6.07, 6.45) is 3.36. The summed E-state index contributed by atoms with van der Waals surface area (Å²) in [5.41, 5.74) is 3.53. The van der Waals surface area contributed by atoms with Crippen molar-refractivity contribution in [2.24, 2.45) is 0 Å². The van der Waals surface area contributed by atoms with Gasteiger partial charge < -0.3 is 0 Å². The minimum Gasteiger partial charge on any atom is -0.259 e. The van der Waals surface area contributed by atoms with Crippen LogP contribution in [-0.2, 0) is 0 Å². The molecule has 0 radical (unpaired) electrons. The third kappa shape index (κ3) is 2.04. The van der Waals surface area contributed by atoms with E-state index in [0.717, 1.165) is 22.2 Å². The number of nitrogens with one attached hydrogen (secondary N) is 1. The number of rotatable bonds is 2. The molecule has 0 fully saturated rings. The SMILES string of the molecule is c1ccc(-c2n[nH]c(-c3cccc4nccnc34)n2)cc1. The van der Waals surface area contributed by atoms with E-state index in [0.29, 0.717) is 11.6 Å². The van der Waals surface area contributed by atoms with Crippen molar-refractivity contribution < 1.29 is 0 Å². The molecule has 2 aromatic heterocycles. The number of hydrogen-bond donors (Lipinski definition) is 1. The lowest BCUT2D eigenvalue weighted by atomic mass is 10.1. The van der Waals surface area contributed by atoms with Crippen molar-refractivity contribution in [3.05, 3.63) is 60.9 Å². The van der Waals surface area contributed by atoms with Gasteiger partial charge in [0.15, 0.2) is 11.6 Å². The van der Waals surface area contributed by atoms with Gasteiger partial charge in [-0.25, -0.2) is 4.98 Å². The molecular weight excluding hydrogens is 262 g/mol. The predicted octanol–water partition coefficient (Wildman–Crippen LogP) is 3.08. The Balaban J connectivity index is 1.85. The third-order valence-electron chi connectivity index (χ3n) is 3.27.